The second-order valence-electron chi connectivity index (χ2n) is 7.12. The summed E-state index contributed by atoms with van der Waals surface area (Å²) in [4.78, 5) is 41.9. The Labute approximate surface area is 183 Å². The van der Waals surface area contributed by atoms with Crippen LogP contribution in [0.2, 0.25) is 0 Å². The van der Waals surface area contributed by atoms with E-state index in [1.165, 1.54) is 0 Å². The number of rotatable bonds is 6. The molecule has 31 heavy (non-hydrogen) atoms. The highest BCUT2D eigenvalue weighted by Gasteiger charge is 2.21. The van der Waals surface area contributed by atoms with E-state index in [9.17, 15) is 14.4 Å². The largest absolute Gasteiger partial charge is 0.376 e. The first-order chi connectivity index (χ1) is 15.1. The van der Waals surface area contributed by atoms with Gasteiger partial charge in [0.15, 0.2) is 5.16 Å². The van der Waals surface area contributed by atoms with Crippen LogP contribution in [0.5, 0.6) is 0 Å². The molecule has 2 heterocycles. The van der Waals surface area contributed by atoms with Gasteiger partial charge in [0.1, 0.15) is 0 Å². The molecule has 1 unspecified atom stereocenters. The maximum Gasteiger partial charge on any atom is 0.325 e. The lowest BCUT2D eigenvalue weighted by Gasteiger charge is -2.16. The summed E-state index contributed by atoms with van der Waals surface area (Å²) >= 11 is 1.12. The first kappa shape index (κ1) is 21.1. The third-order valence-electron chi connectivity index (χ3n) is 4.85. The lowest BCUT2D eigenvalue weighted by Crippen LogP contribution is -2.35. The highest BCUT2D eigenvalue weighted by molar-refractivity contribution is 7.99. The number of benzene rings is 2. The summed E-state index contributed by atoms with van der Waals surface area (Å²) in [7, 11) is 0. The third-order valence-corrected chi connectivity index (χ3v) is 5.83. The summed E-state index contributed by atoms with van der Waals surface area (Å²) in [6, 6.07) is 15.4. The lowest BCUT2D eigenvalue weighted by molar-refractivity contribution is -0.117. The predicted molar refractivity (Wildman–Crippen MR) is 119 cm³/mol. The minimum absolute atomic E-state index is 0.0505. The molecule has 3 amide bonds. The Morgan fingerprint density at radius 2 is 1.90 bits per heavy atom. The third kappa shape index (κ3) is 5.31. The fourth-order valence-electron chi connectivity index (χ4n) is 3.39. The van der Waals surface area contributed by atoms with Crippen molar-refractivity contribution in [2.24, 2.45) is 0 Å². The summed E-state index contributed by atoms with van der Waals surface area (Å²) in [5.41, 5.74) is 0.994. The Morgan fingerprint density at radius 3 is 2.68 bits per heavy atom. The monoisotopic (exact) mass is 438 g/mol. The summed E-state index contributed by atoms with van der Waals surface area (Å²) in [6.45, 7) is 1.07. The van der Waals surface area contributed by atoms with Gasteiger partial charge in [0.2, 0.25) is 5.91 Å². The Balaban J connectivity index is 1.47. The molecule has 1 aromatic heterocycles. The number of nitrogens with one attached hydrogen (secondary N) is 2. The number of anilines is 1. The zero-order chi connectivity index (χ0) is 21.6. The molecule has 0 bridgehead atoms. The molecule has 160 valence electrons. The van der Waals surface area contributed by atoms with Crippen LogP contribution in [0.25, 0.3) is 10.9 Å². The van der Waals surface area contributed by atoms with Crippen molar-refractivity contribution in [2.75, 3.05) is 17.7 Å². The fourth-order valence-corrected chi connectivity index (χ4v) is 4.20. The van der Waals surface area contributed by atoms with Gasteiger partial charge >= 0.3 is 6.03 Å². The number of hydrogen-bond donors (Lipinski definition) is 2. The van der Waals surface area contributed by atoms with Gasteiger partial charge in [-0.1, -0.05) is 42.1 Å². The summed E-state index contributed by atoms with van der Waals surface area (Å²) < 4.78 is 7.25. The smallest absolute Gasteiger partial charge is 0.325 e. The van der Waals surface area contributed by atoms with Crippen molar-refractivity contribution in [2.45, 2.75) is 30.6 Å². The van der Waals surface area contributed by atoms with Gasteiger partial charge in [0, 0.05) is 12.3 Å². The summed E-state index contributed by atoms with van der Waals surface area (Å²) in [6.07, 6.45) is 1.79. The van der Waals surface area contributed by atoms with E-state index in [-0.39, 0.29) is 17.4 Å². The van der Waals surface area contributed by atoms with E-state index < -0.39 is 11.9 Å². The molecule has 9 heteroatoms. The normalized spacial score (nSPS) is 15.7. The Hall–Kier alpha value is -3.17. The van der Waals surface area contributed by atoms with Crippen LogP contribution in [0.1, 0.15) is 12.8 Å². The van der Waals surface area contributed by atoms with Gasteiger partial charge in [-0.15, -0.1) is 0 Å². The Bertz CT molecular complexity index is 1140. The zero-order valence-electron chi connectivity index (χ0n) is 16.7. The number of thioether (sulfide) groups is 1. The van der Waals surface area contributed by atoms with Gasteiger partial charge in [0.25, 0.3) is 5.56 Å². The number of fused-ring (bicyclic) bond motifs is 1. The molecule has 2 N–H and O–H groups in total. The number of ether oxygens (including phenoxy) is 1. The average molecular weight is 439 g/mol. The molecule has 8 nitrogen and oxygen atoms in total. The standard InChI is InChI=1S/C22H22N4O4S/c27-19(25-21(29)23-15-7-2-1-3-8-15)14-31-22-24-18-11-5-4-10-17(18)20(28)26(22)13-16-9-6-12-30-16/h1-5,7-8,10-11,16H,6,9,12-14H2,(H2,23,25,27,29). The molecule has 1 aliphatic rings. The van der Waals surface area contributed by atoms with E-state index in [1.54, 1.807) is 47.0 Å². The van der Waals surface area contributed by atoms with Crippen LogP contribution in [0.4, 0.5) is 10.5 Å². The molecule has 0 aliphatic carbocycles. The van der Waals surface area contributed by atoms with Crippen LogP contribution in [0.3, 0.4) is 0 Å². The molecule has 1 aliphatic heterocycles. The minimum Gasteiger partial charge on any atom is -0.376 e. The zero-order valence-corrected chi connectivity index (χ0v) is 17.6. The van der Waals surface area contributed by atoms with Crippen LogP contribution >= 0.6 is 11.8 Å². The van der Waals surface area contributed by atoms with Gasteiger partial charge in [0.05, 0.1) is 29.3 Å². The van der Waals surface area contributed by atoms with Crippen LogP contribution in [0.15, 0.2) is 64.5 Å². The van der Waals surface area contributed by atoms with Crippen molar-refractivity contribution in [3.8, 4) is 0 Å². The number of para-hydroxylation sites is 2. The molecule has 1 saturated heterocycles. The van der Waals surface area contributed by atoms with E-state index in [2.05, 4.69) is 15.6 Å². The van der Waals surface area contributed by atoms with Gasteiger partial charge < -0.3 is 10.1 Å². The maximum atomic E-state index is 13.1. The molecule has 2 aromatic carbocycles. The number of imide groups is 1. The average Bonchev–Trinajstić information content (AvgIpc) is 3.28. The van der Waals surface area contributed by atoms with Crippen molar-refractivity contribution in [3.05, 3.63) is 65.0 Å². The Kier molecular flexibility index (Phi) is 6.63. The molecule has 4 rings (SSSR count). The first-order valence-corrected chi connectivity index (χ1v) is 11.0. The quantitative estimate of drug-likeness (QED) is 0.453. The molecule has 0 spiro atoms. The molecule has 1 atom stereocenters. The van der Waals surface area contributed by atoms with E-state index in [1.807, 2.05) is 12.1 Å². The molecular weight excluding hydrogens is 416 g/mol. The van der Waals surface area contributed by atoms with Crippen LogP contribution in [-0.4, -0.2) is 40.0 Å². The van der Waals surface area contributed by atoms with Gasteiger partial charge in [-0.25, -0.2) is 9.78 Å². The molecule has 3 aromatic rings. The molecular formula is C22H22N4O4S. The number of nitrogens with zero attached hydrogens (tertiary/aromatic N) is 2. The number of carbonyl (C=O) groups is 2. The van der Waals surface area contributed by atoms with Crippen LogP contribution in [-0.2, 0) is 16.1 Å². The summed E-state index contributed by atoms with van der Waals surface area (Å²) in [5, 5.41) is 5.84. The SMILES string of the molecule is O=C(CSc1nc2ccccc2c(=O)n1CC1CCCO1)NC(=O)Nc1ccccc1. The Morgan fingerprint density at radius 1 is 1.13 bits per heavy atom. The van der Waals surface area contributed by atoms with Crippen molar-refractivity contribution in [1.82, 2.24) is 14.9 Å². The molecule has 0 saturated carbocycles. The highest BCUT2D eigenvalue weighted by Crippen LogP contribution is 2.21. The van der Waals surface area contributed by atoms with Crippen LogP contribution < -0.4 is 16.2 Å². The number of carbonyl (C=O) groups excluding carboxylic acids is 2. The van der Waals surface area contributed by atoms with Crippen molar-refractivity contribution in [3.63, 3.8) is 0 Å². The lowest BCUT2D eigenvalue weighted by atomic mass is 10.2. The topological polar surface area (TPSA) is 102 Å². The van der Waals surface area contributed by atoms with E-state index in [0.717, 1.165) is 24.6 Å². The maximum absolute atomic E-state index is 13.1. The summed E-state index contributed by atoms with van der Waals surface area (Å²) in [5.74, 6) is -0.539. The molecule has 1 fully saturated rings. The van der Waals surface area contributed by atoms with Crippen LogP contribution in [0, 0.1) is 0 Å². The number of aromatic nitrogens is 2. The number of hydrogen-bond acceptors (Lipinski definition) is 6. The first-order valence-electron chi connectivity index (χ1n) is 10.00. The second kappa shape index (κ2) is 9.76. The van der Waals surface area contributed by atoms with Gasteiger partial charge in [-0.2, -0.15) is 0 Å². The second-order valence-corrected chi connectivity index (χ2v) is 8.06. The predicted octanol–water partition coefficient (Wildman–Crippen LogP) is 3.02. The van der Waals surface area contributed by atoms with Gasteiger partial charge in [-0.3, -0.25) is 19.5 Å². The van der Waals surface area contributed by atoms with E-state index in [4.69, 9.17) is 4.74 Å². The van der Waals surface area contributed by atoms with E-state index >= 15 is 0 Å². The van der Waals surface area contributed by atoms with Crippen molar-refractivity contribution < 1.29 is 14.3 Å². The number of urea groups is 1. The fraction of sp³-hybridized carbons (Fsp3) is 0.273. The van der Waals surface area contributed by atoms with Crippen molar-refractivity contribution in [1.29, 1.82) is 0 Å². The minimum atomic E-state index is -0.611. The highest BCUT2D eigenvalue weighted by atomic mass is 32.2. The van der Waals surface area contributed by atoms with E-state index in [0.29, 0.717) is 34.9 Å². The number of amides is 3. The van der Waals surface area contributed by atoms with Gasteiger partial charge in [-0.05, 0) is 37.1 Å². The van der Waals surface area contributed by atoms with Crippen molar-refractivity contribution >= 4 is 40.3 Å². The molecule has 0 radical (unpaired) electrons.